The van der Waals surface area contributed by atoms with Crippen molar-refractivity contribution in [2.45, 2.75) is 58.6 Å². The number of aliphatic hydroxyl groups is 1. The van der Waals surface area contributed by atoms with E-state index in [-0.39, 0.29) is 17.7 Å². The first-order valence-corrected chi connectivity index (χ1v) is 6.90. The van der Waals surface area contributed by atoms with Crippen LogP contribution >= 0.6 is 0 Å². The maximum Gasteiger partial charge on any atom is 0.0707 e. The van der Waals surface area contributed by atoms with Gasteiger partial charge in [0.25, 0.3) is 0 Å². The minimum atomic E-state index is -0.235. The average Bonchev–Trinajstić information content (AvgIpc) is 2.30. The summed E-state index contributed by atoms with van der Waals surface area (Å²) in [5.74, 6) is 0. The van der Waals surface area contributed by atoms with Crippen LogP contribution in [0.5, 0.6) is 0 Å². The van der Waals surface area contributed by atoms with Gasteiger partial charge in [0, 0.05) is 12.1 Å². The van der Waals surface area contributed by atoms with Crippen molar-refractivity contribution in [2.24, 2.45) is 0 Å². The molecule has 0 radical (unpaired) electrons. The van der Waals surface area contributed by atoms with Crippen molar-refractivity contribution in [3.63, 3.8) is 0 Å². The minimum absolute atomic E-state index is 0.106. The van der Waals surface area contributed by atoms with Gasteiger partial charge in [-0.2, -0.15) is 0 Å². The van der Waals surface area contributed by atoms with Gasteiger partial charge in [-0.15, -0.1) is 0 Å². The van der Waals surface area contributed by atoms with Gasteiger partial charge in [-0.3, -0.25) is 0 Å². The fourth-order valence-corrected chi connectivity index (χ4v) is 1.46. The molecule has 0 aromatic carbocycles. The molecule has 18 heavy (non-hydrogen) atoms. The molecule has 0 aliphatic carbocycles. The molecule has 0 rings (SSSR count). The van der Waals surface area contributed by atoms with E-state index >= 15 is 0 Å². The van der Waals surface area contributed by atoms with E-state index in [1.165, 1.54) is 0 Å². The minimum Gasteiger partial charge on any atom is -0.394 e. The number of ether oxygens (including phenoxy) is 2. The summed E-state index contributed by atoms with van der Waals surface area (Å²) in [5.41, 5.74) is -0.341. The van der Waals surface area contributed by atoms with Gasteiger partial charge in [-0.25, -0.2) is 0 Å². The van der Waals surface area contributed by atoms with Crippen LogP contribution in [0.15, 0.2) is 0 Å². The highest BCUT2D eigenvalue weighted by molar-refractivity contribution is 4.81. The van der Waals surface area contributed by atoms with Crippen LogP contribution in [0.3, 0.4) is 0 Å². The lowest BCUT2D eigenvalue weighted by atomic mass is 9.99. The normalized spacial score (nSPS) is 15.7. The largest absolute Gasteiger partial charge is 0.394 e. The number of hydrogen-bond donors (Lipinski definition) is 2. The molecule has 0 saturated carbocycles. The molecule has 1 atom stereocenters. The Morgan fingerprint density at radius 2 is 1.72 bits per heavy atom. The third kappa shape index (κ3) is 9.83. The lowest BCUT2D eigenvalue weighted by molar-refractivity contribution is -0.0377. The third-order valence-corrected chi connectivity index (χ3v) is 2.71. The molecule has 0 bridgehead atoms. The van der Waals surface area contributed by atoms with Crippen LogP contribution in [0.1, 0.15) is 47.5 Å². The molecule has 0 spiro atoms. The molecule has 0 aliphatic rings. The molecule has 0 aromatic heterocycles. The highest BCUT2D eigenvalue weighted by atomic mass is 16.5. The Bertz CT molecular complexity index is 204. The van der Waals surface area contributed by atoms with Crippen molar-refractivity contribution >= 4 is 0 Å². The number of aliphatic hydroxyl groups excluding tert-OH is 1. The van der Waals surface area contributed by atoms with Crippen molar-refractivity contribution < 1.29 is 14.6 Å². The molecule has 4 nitrogen and oxygen atoms in total. The number of rotatable bonds is 10. The SMILES string of the molecule is CCCNC(C)(CO)CCOCCOC(C)(C)C. The molecule has 0 aromatic rings. The maximum atomic E-state index is 9.38. The number of hydrogen-bond acceptors (Lipinski definition) is 4. The highest BCUT2D eigenvalue weighted by Crippen LogP contribution is 2.09. The smallest absolute Gasteiger partial charge is 0.0707 e. The summed E-state index contributed by atoms with van der Waals surface area (Å²) in [4.78, 5) is 0. The summed E-state index contributed by atoms with van der Waals surface area (Å²) < 4.78 is 11.1. The van der Waals surface area contributed by atoms with E-state index in [4.69, 9.17) is 9.47 Å². The van der Waals surface area contributed by atoms with E-state index in [9.17, 15) is 5.11 Å². The lowest BCUT2D eigenvalue weighted by Crippen LogP contribution is -2.47. The Kier molecular flexibility index (Phi) is 8.78. The molecular weight excluding hydrogens is 230 g/mol. The molecule has 0 fully saturated rings. The summed E-state index contributed by atoms with van der Waals surface area (Å²) in [6.45, 7) is 13.1. The zero-order valence-corrected chi connectivity index (χ0v) is 12.7. The quantitative estimate of drug-likeness (QED) is 0.590. The van der Waals surface area contributed by atoms with Crippen LogP contribution in [0.25, 0.3) is 0 Å². The van der Waals surface area contributed by atoms with E-state index in [2.05, 4.69) is 12.2 Å². The molecule has 110 valence electrons. The summed E-state index contributed by atoms with van der Waals surface area (Å²) in [6.07, 6.45) is 1.87. The Morgan fingerprint density at radius 1 is 1.06 bits per heavy atom. The summed E-state index contributed by atoms with van der Waals surface area (Å²) in [7, 11) is 0. The number of nitrogens with one attached hydrogen (secondary N) is 1. The zero-order chi connectivity index (χ0) is 14.1. The highest BCUT2D eigenvalue weighted by Gasteiger charge is 2.21. The first-order chi connectivity index (χ1) is 8.33. The predicted octanol–water partition coefficient (Wildman–Crippen LogP) is 1.96. The van der Waals surface area contributed by atoms with Gasteiger partial charge in [0.15, 0.2) is 0 Å². The first-order valence-electron chi connectivity index (χ1n) is 6.90. The molecule has 0 aliphatic heterocycles. The van der Waals surface area contributed by atoms with Gasteiger partial charge in [-0.1, -0.05) is 6.92 Å². The fourth-order valence-electron chi connectivity index (χ4n) is 1.46. The second-order valence-corrected chi connectivity index (χ2v) is 5.97. The van der Waals surface area contributed by atoms with E-state index in [0.29, 0.717) is 19.8 Å². The summed E-state index contributed by atoms with van der Waals surface area (Å²) in [6, 6.07) is 0. The Morgan fingerprint density at radius 3 is 2.22 bits per heavy atom. The van der Waals surface area contributed by atoms with Crippen molar-refractivity contribution in [1.29, 1.82) is 0 Å². The molecule has 1 unspecified atom stereocenters. The van der Waals surface area contributed by atoms with Crippen LogP contribution in [0.4, 0.5) is 0 Å². The van der Waals surface area contributed by atoms with Crippen molar-refractivity contribution in [3.05, 3.63) is 0 Å². The van der Waals surface area contributed by atoms with Gasteiger partial charge < -0.3 is 19.9 Å². The summed E-state index contributed by atoms with van der Waals surface area (Å²) >= 11 is 0. The van der Waals surface area contributed by atoms with Crippen LogP contribution in [-0.2, 0) is 9.47 Å². The van der Waals surface area contributed by atoms with Crippen molar-refractivity contribution in [3.8, 4) is 0 Å². The molecule has 4 heteroatoms. The monoisotopic (exact) mass is 261 g/mol. The molecule has 0 heterocycles. The molecule has 0 saturated heterocycles. The Hall–Kier alpha value is -0.160. The van der Waals surface area contributed by atoms with Crippen LogP contribution in [-0.4, -0.2) is 49.2 Å². The van der Waals surface area contributed by atoms with E-state index in [1.807, 2.05) is 27.7 Å². The van der Waals surface area contributed by atoms with Gasteiger partial charge >= 0.3 is 0 Å². The fraction of sp³-hybridized carbons (Fsp3) is 1.00. The van der Waals surface area contributed by atoms with Crippen LogP contribution in [0.2, 0.25) is 0 Å². The van der Waals surface area contributed by atoms with Crippen molar-refractivity contribution in [1.82, 2.24) is 5.32 Å². The van der Waals surface area contributed by atoms with Gasteiger partial charge in [0.2, 0.25) is 0 Å². The van der Waals surface area contributed by atoms with Gasteiger partial charge in [0.1, 0.15) is 0 Å². The zero-order valence-electron chi connectivity index (χ0n) is 12.7. The third-order valence-electron chi connectivity index (χ3n) is 2.71. The summed E-state index contributed by atoms with van der Waals surface area (Å²) in [5, 5.41) is 12.7. The van der Waals surface area contributed by atoms with E-state index in [1.54, 1.807) is 0 Å². The predicted molar refractivity (Wildman–Crippen MR) is 74.9 cm³/mol. The second-order valence-electron chi connectivity index (χ2n) is 5.97. The average molecular weight is 261 g/mol. The van der Waals surface area contributed by atoms with Crippen LogP contribution < -0.4 is 5.32 Å². The molecular formula is C14H31NO3. The Labute approximate surface area is 112 Å². The topological polar surface area (TPSA) is 50.7 Å². The van der Waals surface area contributed by atoms with E-state index in [0.717, 1.165) is 19.4 Å². The Balaban J connectivity index is 3.62. The molecule has 2 N–H and O–H groups in total. The standard InChI is InChI=1S/C14H31NO3/c1-6-8-15-14(5,12-16)7-9-17-10-11-18-13(2,3)4/h15-16H,6-12H2,1-5H3. The van der Waals surface area contributed by atoms with Gasteiger partial charge in [0.05, 0.1) is 25.4 Å². The lowest BCUT2D eigenvalue weighted by Gasteiger charge is -2.28. The van der Waals surface area contributed by atoms with Crippen molar-refractivity contribution in [2.75, 3.05) is 33.0 Å². The second kappa shape index (κ2) is 8.86. The van der Waals surface area contributed by atoms with Gasteiger partial charge in [-0.05, 0) is 47.1 Å². The first kappa shape index (κ1) is 17.8. The van der Waals surface area contributed by atoms with Crippen LogP contribution in [0, 0.1) is 0 Å². The maximum absolute atomic E-state index is 9.38. The van der Waals surface area contributed by atoms with E-state index < -0.39 is 0 Å². The molecule has 0 amide bonds.